The molecule has 1 amide bonds. The summed E-state index contributed by atoms with van der Waals surface area (Å²) in [6.07, 6.45) is 10.1. The summed E-state index contributed by atoms with van der Waals surface area (Å²) >= 11 is 0. The number of nitrogens with one attached hydrogen (secondary N) is 1. The largest absolute Gasteiger partial charge is 0.490 e. The maximum atomic E-state index is 14.1. The molecule has 1 aromatic rings. The highest BCUT2D eigenvalue weighted by atomic mass is 16.5. The molecule has 3 aliphatic heterocycles. The lowest BCUT2D eigenvalue weighted by atomic mass is 9.65. The number of carbonyl (C=O) groups excluding carboxylic acids is 2. The fourth-order valence-corrected chi connectivity index (χ4v) is 7.76. The number of carbonyl (C=O) groups is 2. The SMILES string of the molecule is C=C[C@H]1C=C[C@H]2[C@@H]3C[C@H](C)CC[C@H]3[C@@H]3Oc4ccc(cc4)C[C@@]4(O)C[C@@H](C(=O)N4)C(=O)[C@@H]1[C@H]23. The molecule has 3 aliphatic carbocycles. The number of allylic oxidation sites excluding steroid dienone is 3. The van der Waals surface area contributed by atoms with Gasteiger partial charge in [-0.15, -0.1) is 6.58 Å². The summed E-state index contributed by atoms with van der Waals surface area (Å²) in [5, 5.41) is 13.9. The van der Waals surface area contributed by atoms with Gasteiger partial charge in [-0.3, -0.25) is 9.59 Å². The molecule has 0 radical (unpaired) electrons. The zero-order chi connectivity index (χ0) is 22.9. The van der Waals surface area contributed by atoms with E-state index >= 15 is 0 Å². The van der Waals surface area contributed by atoms with Crippen LogP contribution in [0.15, 0.2) is 49.1 Å². The number of fused-ring (bicyclic) bond motifs is 4. The monoisotopic (exact) mass is 447 g/mol. The van der Waals surface area contributed by atoms with E-state index in [2.05, 4.69) is 31.0 Å². The Morgan fingerprint density at radius 3 is 2.70 bits per heavy atom. The van der Waals surface area contributed by atoms with Crippen molar-refractivity contribution in [3.05, 3.63) is 54.6 Å². The second kappa shape index (κ2) is 7.56. The van der Waals surface area contributed by atoms with E-state index < -0.39 is 11.6 Å². The number of ether oxygens (including phenoxy) is 1. The number of ketones is 1. The molecule has 4 bridgehead atoms. The van der Waals surface area contributed by atoms with Crippen molar-refractivity contribution in [3.63, 3.8) is 0 Å². The summed E-state index contributed by atoms with van der Waals surface area (Å²) in [6.45, 7) is 6.36. The molecule has 0 spiro atoms. The summed E-state index contributed by atoms with van der Waals surface area (Å²) in [7, 11) is 0. The zero-order valence-electron chi connectivity index (χ0n) is 19.2. The van der Waals surface area contributed by atoms with Crippen molar-refractivity contribution >= 4 is 11.7 Å². The summed E-state index contributed by atoms with van der Waals surface area (Å²) in [5.41, 5.74) is -0.492. The number of amides is 1. The molecule has 1 aromatic carbocycles. The van der Waals surface area contributed by atoms with Crippen molar-refractivity contribution < 1.29 is 19.4 Å². The summed E-state index contributed by atoms with van der Waals surface area (Å²) in [5.74, 6) is 0.910. The van der Waals surface area contributed by atoms with Crippen LogP contribution in [0, 0.1) is 47.3 Å². The first-order chi connectivity index (χ1) is 15.9. The molecule has 6 aliphatic rings. The Morgan fingerprint density at radius 1 is 1.15 bits per heavy atom. The van der Waals surface area contributed by atoms with Gasteiger partial charge in [0.15, 0.2) is 0 Å². The van der Waals surface area contributed by atoms with E-state index in [0.29, 0.717) is 17.8 Å². The number of Topliss-reactive ketones (excluding diaryl/α,β-unsaturated/α-hetero) is 1. The molecule has 0 unspecified atom stereocenters. The minimum atomic E-state index is -1.40. The lowest BCUT2D eigenvalue weighted by Gasteiger charge is -2.38. The van der Waals surface area contributed by atoms with Crippen molar-refractivity contribution in [1.82, 2.24) is 5.32 Å². The number of aliphatic hydroxyl groups is 1. The van der Waals surface area contributed by atoms with Gasteiger partial charge in [0.2, 0.25) is 5.91 Å². The van der Waals surface area contributed by atoms with Crippen LogP contribution in [0.3, 0.4) is 0 Å². The Kier molecular flexibility index (Phi) is 4.84. The molecule has 7 rings (SSSR count). The predicted molar refractivity (Wildman–Crippen MR) is 124 cm³/mol. The maximum Gasteiger partial charge on any atom is 0.232 e. The lowest BCUT2D eigenvalue weighted by Crippen LogP contribution is -2.45. The summed E-state index contributed by atoms with van der Waals surface area (Å²) in [4.78, 5) is 27.0. The minimum absolute atomic E-state index is 0.00715. The van der Waals surface area contributed by atoms with Gasteiger partial charge < -0.3 is 15.2 Å². The molecule has 1 saturated heterocycles. The first-order valence-corrected chi connectivity index (χ1v) is 12.5. The van der Waals surface area contributed by atoms with Gasteiger partial charge in [-0.2, -0.15) is 0 Å². The van der Waals surface area contributed by atoms with Crippen LogP contribution >= 0.6 is 0 Å². The third-order valence-corrected chi connectivity index (χ3v) is 9.19. The van der Waals surface area contributed by atoms with E-state index in [0.717, 1.165) is 24.2 Å². The van der Waals surface area contributed by atoms with Crippen molar-refractivity contribution in [3.8, 4) is 5.75 Å². The van der Waals surface area contributed by atoms with Gasteiger partial charge in [0.25, 0.3) is 0 Å². The van der Waals surface area contributed by atoms with Crippen LogP contribution in [0.25, 0.3) is 0 Å². The average molecular weight is 448 g/mol. The first-order valence-electron chi connectivity index (χ1n) is 12.5. The van der Waals surface area contributed by atoms with Gasteiger partial charge >= 0.3 is 0 Å². The van der Waals surface area contributed by atoms with Crippen molar-refractivity contribution in [1.29, 1.82) is 0 Å². The summed E-state index contributed by atoms with van der Waals surface area (Å²) in [6, 6.07) is 7.87. The molecule has 5 heteroatoms. The third-order valence-electron chi connectivity index (χ3n) is 9.19. The highest BCUT2D eigenvalue weighted by Crippen LogP contribution is 2.58. The number of rotatable bonds is 1. The van der Waals surface area contributed by atoms with Gasteiger partial charge in [0.05, 0.1) is 0 Å². The molecule has 2 N–H and O–H groups in total. The number of benzene rings is 1. The molecule has 5 nitrogen and oxygen atoms in total. The van der Waals surface area contributed by atoms with Crippen LogP contribution in [0.4, 0.5) is 0 Å². The van der Waals surface area contributed by atoms with Crippen LogP contribution in [-0.4, -0.2) is 28.6 Å². The van der Waals surface area contributed by atoms with E-state index in [1.54, 1.807) is 0 Å². The number of hydrogen-bond donors (Lipinski definition) is 2. The molecular weight excluding hydrogens is 414 g/mol. The lowest BCUT2D eigenvalue weighted by molar-refractivity contribution is -0.137. The molecule has 3 heterocycles. The Labute approximate surface area is 195 Å². The molecule has 10 atom stereocenters. The quantitative estimate of drug-likeness (QED) is 0.509. The predicted octanol–water partition coefficient (Wildman–Crippen LogP) is 3.67. The molecule has 174 valence electrons. The van der Waals surface area contributed by atoms with Gasteiger partial charge in [0, 0.05) is 30.6 Å². The van der Waals surface area contributed by atoms with Gasteiger partial charge in [-0.1, -0.05) is 43.7 Å². The zero-order valence-corrected chi connectivity index (χ0v) is 19.2. The topological polar surface area (TPSA) is 75.6 Å². The average Bonchev–Trinajstić information content (AvgIpc) is 3.27. The van der Waals surface area contributed by atoms with Crippen LogP contribution in [0.2, 0.25) is 0 Å². The fourth-order valence-electron chi connectivity index (χ4n) is 7.76. The number of hydrogen-bond acceptors (Lipinski definition) is 4. The van der Waals surface area contributed by atoms with Gasteiger partial charge in [-0.25, -0.2) is 0 Å². The van der Waals surface area contributed by atoms with Gasteiger partial charge in [0.1, 0.15) is 29.3 Å². The van der Waals surface area contributed by atoms with E-state index in [4.69, 9.17) is 4.74 Å². The van der Waals surface area contributed by atoms with Crippen LogP contribution < -0.4 is 10.1 Å². The Hall–Kier alpha value is -2.40. The van der Waals surface area contributed by atoms with E-state index in [9.17, 15) is 14.7 Å². The Balaban J connectivity index is 1.49. The molecule has 0 aromatic heterocycles. The first kappa shape index (κ1) is 21.2. The highest BCUT2D eigenvalue weighted by molar-refractivity contribution is 6.04. The second-order valence-electron chi connectivity index (χ2n) is 11.2. The van der Waals surface area contributed by atoms with E-state index in [1.807, 2.05) is 30.3 Å². The molecular formula is C28H33NO4. The maximum absolute atomic E-state index is 14.1. The smallest absolute Gasteiger partial charge is 0.232 e. The second-order valence-corrected chi connectivity index (χ2v) is 11.2. The van der Waals surface area contributed by atoms with Crippen LogP contribution in [-0.2, 0) is 16.0 Å². The van der Waals surface area contributed by atoms with Crippen molar-refractivity contribution in [2.24, 2.45) is 47.3 Å². The fraction of sp³-hybridized carbons (Fsp3) is 0.571. The minimum Gasteiger partial charge on any atom is -0.490 e. The third kappa shape index (κ3) is 3.30. The molecule has 2 saturated carbocycles. The van der Waals surface area contributed by atoms with E-state index in [1.165, 1.54) is 6.42 Å². The standard InChI is InChI=1S/C28H33NO4/c1-3-17-7-11-19-21-12-15(2)4-10-20(21)26-24(19)23(17)25(30)22-14-28(32,29-27(22)31)13-16-5-8-18(33-26)9-6-16/h3,5-9,11,15,17,19-24,26,32H,1,4,10,12-14H2,2H3,(H,29,31)/t15-,17+,19+,20-,21+,22-,23+,24+,26+,28-/m1/s1. The van der Waals surface area contributed by atoms with Crippen molar-refractivity contribution in [2.45, 2.75) is 50.9 Å². The van der Waals surface area contributed by atoms with Crippen LogP contribution in [0.5, 0.6) is 5.75 Å². The van der Waals surface area contributed by atoms with Crippen molar-refractivity contribution in [2.75, 3.05) is 0 Å². The summed E-state index contributed by atoms with van der Waals surface area (Å²) < 4.78 is 6.74. The van der Waals surface area contributed by atoms with Gasteiger partial charge in [-0.05, 0) is 54.2 Å². The van der Waals surface area contributed by atoms with E-state index in [-0.39, 0.29) is 54.3 Å². The molecule has 33 heavy (non-hydrogen) atoms. The Bertz CT molecular complexity index is 1020. The molecule has 3 fully saturated rings. The Morgan fingerprint density at radius 2 is 1.94 bits per heavy atom. The highest BCUT2D eigenvalue weighted by Gasteiger charge is 2.60. The normalized spacial score (nSPS) is 45.7. The van der Waals surface area contributed by atoms with Crippen LogP contribution in [0.1, 0.15) is 38.2 Å².